The van der Waals surface area contributed by atoms with Gasteiger partial charge >= 0.3 is 6.01 Å². The van der Waals surface area contributed by atoms with Crippen LogP contribution in [0, 0.1) is 11.2 Å². The number of nitrogens with one attached hydrogen (secondary N) is 1. The third-order valence-corrected chi connectivity index (χ3v) is 8.87. The molecule has 1 saturated carbocycles. The molecule has 1 atom stereocenters. The number of amides is 1. The number of pyridine rings is 1. The number of nitrogens with zero attached hydrogens (tertiary/aromatic N) is 7. The Hall–Kier alpha value is -3.74. The molecule has 1 unspecified atom stereocenters. The van der Waals surface area contributed by atoms with Crippen LogP contribution in [0.25, 0.3) is 21.8 Å². The number of rotatable bonds is 6. The van der Waals surface area contributed by atoms with Gasteiger partial charge in [0.1, 0.15) is 33.4 Å². The summed E-state index contributed by atoms with van der Waals surface area (Å²) in [5, 5.41) is 7.67. The smallest absolute Gasteiger partial charge is 0.319 e. The third kappa shape index (κ3) is 4.67. The molecule has 1 amide bonds. The number of hydrogen-bond donors (Lipinski definition) is 1. The van der Waals surface area contributed by atoms with Crippen LogP contribution in [0.1, 0.15) is 12.8 Å². The molecule has 0 radical (unpaired) electrons. The number of carbonyl (C=O) groups excluding carboxylic acids is 1. The number of piperazine rings is 1. The Morgan fingerprint density at radius 2 is 1.95 bits per heavy atom. The van der Waals surface area contributed by atoms with Crippen molar-refractivity contribution in [1.82, 2.24) is 34.9 Å². The fourth-order valence-electron chi connectivity index (χ4n) is 5.98. The first kappa shape index (κ1) is 27.1. The molecule has 3 aliphatic rings. The molecule has 0 bridgehead atoms. The normalized spacial score (nSPS) is 20.0. The Labute approximate surface area is 250 Å². The van der Waals surface area contributed by atoms with Gasteiger partial charge in [-0.15, -0.1) is 0 Å². The maximum atomic E-state index is 14.7. The molecule has 2 saturated heterocycles. The van der Waals surface area contributed by atoms with Gasteiger partial charge in [-0.05, 0) is 32.0 Å². The first-order valence-electron chi connectivity index (χ1n) is 13.6. The van der Waals surface area contributed by atoms with E-state index in [0.717, 1.165) is 25.9 Å². The number of halogens is 3. The average molecular weight is 613 g/mol. The predicted molar refractivity (Wildman–Crippen MR) is 156 cm³/mol. The zero-order valence-corrected chi connectivity index (χ0v) is 24.3. The second-order valence-electron chi connectivity index (χ2n) is 11.1. The van der Waals surface area contributed by atoms with Crippen LogP contribution in [-0.2, 0) is 4.79 Å². The molecule has 7 rings (SSSR count). The van der Waals surface area contributed by atoms with Crippen LogP contribution in [0.15, 0.2) is 31.0 Å². The Balaban J connectivity index is 1.34. The highest BCUT2D eigenvalue weighted by atomic mass is 35.5. The first-order valence-corrected chi connectivity index (χ1v) is 14.4. The minimum atomic E-state index is -0.680. The van der Waals surface area contributed by atoms with Gasteiger partial charge in [0.05, 0.1) is 22.5 Å². The summed E-state index contributed by atoms with van der Waals surface area (Å²) in [6.07, 6.45) is 4.92. The SMILES string of the molecule is C=CC(=O)N1CCN(c2nc(OC3CN(C)CC34CC4)nc3c(Oc4c(Cl)c(F)cc5[nH]ncc45)nc(Cl)cc23)CC1. The summed E-state index contributed by atoms with van der Waals surface area (Å²) >= 11 is 12.9. The van der Waals surface area contributed by atoms with E-state index in [1.165, 1.54) is 18.3 Å². The van der Waals surface area contributed by atoms with Crippen LogP contribution in [-0.4, -0.2) is 93.3 Å². The lowest BCUT2D eigenvalue weighted by molar-refractivity contribution is -0.126. The van der Waals surface area contributed by atoms with Crippen LogP contribution in [0.4, 0.5) is 10.2 Å². The summed E-state index contributed by atoms with van der Waals surface area (Å²) in [6.45, 7) is 7.33. The van der Waals surface area contributed by atoms with Crippen molar-refractivity contribution < 1.29 is 18.7 Å². The summed E-state index contributed by atoms with van der Waals surface area (Å²) < 4.78 is 27.4. The van der Waals surface area contributed by atoms with Gasteiger partial charge in [-0.3, -0.25) is 9.89 Å². The number of benzene rings is 1. The molecule has 4 aromatic rings. The van der Waals surface area contributed by atoms with E-state index in [1.54, 1.807) is 11.0 Å². The van der Waals surface area contributed by atoms with Crippen molar-refractivity contribution in [2.24, 2.45) is 5.41 Å². The van der Waals surface area contributed by atoms with E-state index in [4.69, 9.17) is 42.6 Å². The third-order valence-electron chi connectivity index (χ3n) is 8.32. The Morgan fingerprint density at radius 3 is 2.69 bits per heavy atom. The molecule has 1 N–H and O–H groups in total. The Morgan fingerprint density at radius 1 is 1.17 bits per heavy atom. The number of likely N-dealkylation sites (N-methyl/N-ethyl adjacent to an activating group) is 1. The molecule has 3 fully saturated rings. The van der Waals surface area contributed by atoms with Crippen LogP contribution in [0.2, 0.25) is 10.2 Å². The molecule has 42 heavy (non-hydrogen) atoms. The minimum Gasteiger partial charge on any atom is -0.458 e. The number of aromatic amines is 1. The monoisotopic (exact) mass is 612 g/mol. The summed E-state index contributed by atoms with van der Waals surface area (Å²) in [6, 6.07) is 3.09. The fourth-order valence-corrected chi connectivity index (χ4v) is 6.36. The van der Waals surface area contributed by atoms with E-state index in [1.807, 2.05) is 0 Å². The fraction of sp³-hybridized carbons (Fsp3) is 0.393. The highest BCUT2D eigenvalue weighted by Gasteiger charge is 2.56. The topological polar surface area (TPSA) is 113 Å². The van der Waals surface area contributed by atoms with Gasteiger partial charge in [-0.25, -0.2) is 4.39 Å². The van der Waals surface area contributed by atoms with Crippen LogP contribution in [0.5, 0.6) is 17.6 Å². The molecule has 1 spiro atoms. The van der Waals surface area contributed by atoms with Gasteiger partial charge in [0.2, 0.25) is 11.8 Å². The minimum absolute atomic E-state index is 0.0196. The number of H-pyrrole nitrogens is 1. The molecule has 218 valence electrons. The van der Waals surface area contributed by atoms with Crippen molar-refractivity contribution in [2.45, 2.75) is 18.9 Å². The maximum absolute atomic E-state index is 14.7. The van der Waals surface area contributed by atoms with E-state index >= 15 is 0 Å². The molecule has 5 heterocycles. The Bertz CT molecular complexity index is 1740. The van der Waals surface area contributed by atoms with E-state index in [2.05, 4.69) is 38.6 Å². The quantitative estimate of drug-likeness (QED) is 0.249. The standard InChI is InChI=1S/C28H27Cl2FN8O3/c1-3-21(40)38-6-8-39(9-7-38)25-15-10-20(29)33-26(42-24-16-12-32-36-18(16)11-17(31)22(24)30)23(15)34-27(35-25)41-19-13-37(2)14-28(19)4-5-28/h3,10-12,19H,1,4-9,13-14H2,2H3,(H,32,36). The summed E-state index contributed by atoms with van der Waals surface area (Å²) in [7, 11) is 2.08. The van der Waals surface area contributed by atoms with Crippen LogP contribution < -0.4 is 14.4 Å². The van der Waals surface area contributed by atoms with E-state index < -0.39 is 5.82 Å². The highest BCUT2D eigenvalue weighted by molar-refractivity contribution is 6.33. The molecule has 3 aromatic heterocycles. The Kier molecular flexibility index (Phi) is 6.59. The van der Waals surface area contributed by atoms with Gasteiger partial charge < -0.3 is 24.2 Å². The molecular formula is C28H27Cl2FN8O3. The lowest BCUT2D eigenvalue weighted by atomic mass is 10.0. The summed E-state index contributed by atoms with van der Waals surface area (Å²) in [5.41, 5.74) is 0.838. The molecular weight excluding hydrogens is 586 g/mol. The first-order chi connectivity index (χ1) is 20.2. The van der Waals surface area contributed by atoms with Crippen LogP contribution >= 0.6 is 23.2 Å². The zero-order valence-electron chi connectivity index (χ0n) is 22.7. The van der Waals surface area contributed by atoms with Crippen molar-refractivity contribution >= 4 is 56.7 Å². The molecule has 14 heteroatoms. The molecule has 1 aromatic carbocycles. The highest BCUT2D eigenvalue weighted by Crippen LogP contribution is 2.53. The van der Waals surface area contributed by atoms with Gasteiger partial charge in [0.25, 0.3) is 0 Å². The largest absolute Gasteiger partial charge is 0.458 e. The lowest BCUT2D eigenvalue weighted by Crippen LogP contribution is -2.48. The average Bonchev–Trinajstić information content (AvgIpc) is 3.49. The van der Waals surface area contributed by atoms with Gasteiger partial charge in [0.15, 0.2) is 5.75 Å². The number of anilines is 1. The zero-order chi connectivity index (χ0) is 29.2. The second kappa shape index (κ2) is 10.2. The number of ether oxygens (including phenoxy) is 2. The predicted octanol–water partition coefficient (Wildman–Crippen LogP) is 4.45. The van der Waals surface area contributed by atoms with Gasteiger partial charge in [-0.2, -0.15) is 20.1 Å². The number of aromatic nitrogens is 5. The van der Waals surface area contributed by atoms with Crippen molar-refractivity contribution in [2.75, 3.05) is 51.2 Å². The summed E-state index contributed by atoms with van der Waals surface area (Å²) in [5.74, 6) is -0.172. The second-order valence-corrected chi connectivity index (χ2v) is 11.9. The molecule has 11 nitrogen and oxygen atoms in total. The van der Waals surface area contributed by atoms with Crippen LogP contribution in [0.3, 0.4) is 0 Å². The number of fused-ring (bicyclic) bond motifs is 2. The maximum Gasteiger partial charge on any atom is 0.319 e. The number of carbonyl (C=O) groups is 1. The summed E-state index contributed by atoms with van der Waals surface area (Å²) in [4.78, 5) is 32.3. The lowest BCUT2D eigenvalue weighted by Gasteiger charge is -2.35. The molecule has 2 aliphatic heterocycles. The molecule has 1 aliphatic carbocycles. The van der Waals surface area contributed by atoms with Crippen molar-refractivity contribution in [1.29, 1.82) is 0 Å². The van der Waals surface area contributed by atoms with Crippen molar-refractivity contribution in [3.8, 4) is 17.6 Å². The van der Waals surface area contributed by atoms with E-state index in [0.29, 0.717) is 53.8 Å². The van der Waals surface area contributed by atoms with Crippen molar-refractivity contribution in [3.05, 3.63) is 47.0 Å². The van der Waals surface area contributed by atoms with E-state index in [9.17, 15) is 9.18 Å². The number of hydrogen-bond acceptors (Lipinski definition) is 9. The van der Waals surface area contributed by atoms with Gasteiger partial charge in [-0.1, -0.05) is 29.8 Å². The van der Waals surface area contributed by atoms with Gasteiger partial charge in [0, 0.05) is 50.7 Å². The van der Waals surface area contributed by atoms with E-state index in [-0.39, 0.29) is 45.2 Å². The van der Waals surface area contributed by atoms with Crippen molar-refractivity contribution in [3.63, 3.8) is 0 Å². The number of likely N-dealkylation sites (tertiary alicyclic amines) is 1.